The summed E-state index contributed by atoms with van der Waals surface area (Å²) in [7, 11) is 2.15. The van der Waals surface area contributed by atoms with Gasteiger partial charge in [-0.3, -0.25) is 0 Å². The molecule has 1 saturated heterocycles. The lowest BCUT2D eigenvalue weighted by atomic mass is 9.87. The first-order valence-electron chi connectivity index (χ1n) is 6.30. The average Bonchev–Trinajstić information content (AvgIpc) is 2.64. The van der Waals surface area contributed by atoms with Gasteiger partial charge in [-0.25, -0.2) is 0 Å². The van der Waals surface area contributed by atoms with Crippen LogP contribution in [0.3, 0.4) is 0 Å². The van der Waals surface area contributed by atoms with Crippen LogP contribution >= 0.6 is 12.6 Å². The van der Waals surface area contributed by atoms with E-state index in [9.17, 15) is 0 Å². The van der Waals surface area contributed by atoms with E-state index in [1.54, 1.807) is 0 Å². The first-order valence-corrected chi connectivity index (χ1v) is 6.75. The summed E-state index contributed by atoms with van der Waals surface area (Å²) in [5.41, 5.74) is 0.253. The molecule has 1 aromatic rings. The third-order valence-corrected chi connectivity index (χ3v) is 4.11. The minimum absolute atomic E-state index is 0.253. The van der Waals surface area contributed by atoms with Gasteiger partial charge < -0.3 is 10.2 Å². The Morgan fingerprint density at radius 3 is 2.61 bits per heavy atom. The van der Waals surface area contributed by atoms with E-state index in [1.165, 1.54) is 0 Å². The fourth-order valence-electron chi connectivity index (χ4n) is 2.58. The highest BCUT2D eigenvalue weighted by Gasteiger charge is 2.34. The van der Waals surface area contributed by atoms with Gasteiger partial charge in [0.15, 0.2) is 0 Å². The second kappa shape index (κ2) is 4.54. The first kappa shape index (κ1) is 13.3. The van der Waals surface area contributed by atoms with Crippen LogP contribution in [0.5, 0.6) is 0 Å². The van der Waals surface area contributed by atoms with Gasteiger partial charge >= 0.3 is 0 Å². The summed E-state index contributed by atoms with van der Waals surface area (Å²) in [5.74, 6) is 1.16. The van der Waals surface area contributed by atoms with Gasteiger partial charge in [0.2, 0.25) is 0 Å². The van der Waals surface area contributed by atoms with Gasteiger partial charge in [0.05, 0.1) is 6.04 Å². The Hall–Kier alpha value is -1.09. The Kier molecular flexibility index (Phi) is 3.37. The topological polar surface area (TPSA) is 15.3 Å². The lowest BCUT2D eigenvalue weighted by Gasteiger charge is -2.32. The highest BCUT2D eigenvalue weighted by molar-refractivity contribution is 7.80. The van der Waals surface area contributed by atoms with Crippen LogP contribution in [0.4, 0.5) is 0 Å². The first-order chi connectivity index (χ1) is 8.32. The van der Waals surface area contributed by atoms with Crippen LogP contribution in [0.1, 0.15) is 20.8 Å². The van der Waals surface area contributed by atoms with E-state index < -0.39 is 0 Å². The molecular formula is C15H22N2S. The van der Waals surface area contributed by atoms with Crippen LogP contribution in [0.25, 0.3) is 12.4 Å². The molecule has 0 saturated carbocycles. The third kappa shape index (κ3) is 2.24. The van der Waals surface area contributed by atoms with E-state index in [4.69, 9.17) is 0 Å². The number of hydrogen-bond donors (Lipinski definition) is 2. The molecule has 98 valence electrons. The molecule has 1 N–H and O–H groups in total. The van der Waals surface area contributed by atoms with Crippen molar-refractivity contribution in [1.29, 1.82) is 0 Å². The summed E-state index contributed by atoms with van der Waals surface area (Å²) in [6.45, 7) is 11.9. The largest absolute Gasteiger partial charge is 0.369 e. The molecule has 1 aliphatic heterocycles. The number of nitrogens with one attached hydrogen (secondary N) is 1. The molecule has 18 heavy (non-hydrogen) atoms. The normalized spacial score (nSPS) is 23.2. The summed E-state index contributed by atoms with van der Waals surface area (Å²) < 4.78 is 0. The Morgan fingerprint density at radius 2 is 2.06 bits per heavy atom. The molecule has 0 aliphatic carbocycles. The van der Waals surface area contributed by atoms with E-state index in [1.807, 2.05) is 12.1 Å². The Bertz CT molecular complexity index is 557. The average molecular weight is 262 g/mol. The molecular weight excluding hydrogens is 240 g/mol. The van der Waals surface area contributed by atoms with Crippen molar-refractivity contribution in [2.75, 3.05) is 13.6 Å². The second-order valence-corrected chi connectivity index (χ2v) is 6.51. The minimum Gasteiger partial charge on any atom is -0.369 e. The molecule has 1 unspecified atom stereocenters. The van der Waals surface area contributed by atoms with Gasteiger partial charge in [-0.15, -0.1) is 12.6 Å². The van der Waals surface area contributed by atoms with Crippen LogP contribution in [0, 0.1) is 5.41 Å². The number of benzene rings is 1. The van der Waals surface area contributed by atoms with E-state index in [-0.39, 0.29) is 5.41 Å². The lowest BCUT2D eigenvalue weighted by Crippen LogP contribution is -2.40. The predicted octanol–water partition coefficient (Wildman–Crippen LogP) is 1.40. The highest BCUT2D eigenvalue weighted by atomic mass is 32.1. The number of hydrogen-bond acceptors (Lipinski definition) is 3. The molecule has 0 radical (unpaired) electrons. The molecule has 0 aromatic heterocycles. The molecule has 1 aromatic carbocycles. The third-order valence-electron chi connectivity index (χ3n) is 3.69. The summed E-state index contributed by atoms with van der Waals surface area (Å²) in [4.78, 5) is 3.27. The summed E-state index contributed by atoms with van der Waals surface area (Å²) >= 11 is 4.45. The van der Waals surface area contributed by atoms with Crippen molar-refractivity contribution >= 4 is 25.0 Å². The van der Waals surface area contributed by atoms with Crippen molar-refractivity contribution in [2.45, 2.75) is 31.7 Å². The van der Waals surface area contributed by atoms with Crippen LogP contribution in [-0.4, -0.2) is 24.5 Å². The van der Waals surface area contributed by atoms with Crippen LogP contribution in [0.2, 0.25) is 0 Å². The lowest BCUT2D eigenvalue weighted by molar-refractivity contribution is 0.211. The van der Waals surface area contributed by atoms with E-state index in [2.05, 4.69) is 63.3 Å². The molecule has 0 spiro atoms. The predicted molar refractivity (Wildman–Crippen MR) is 80.9 cm³/mol. The van der Waals surface area contributed by atoms with Crippen molar-refractivity contribution in [3.63, 3.8) is 0 Å². The summed E-state index contributed by atoms with van der Waals surface area (Å²) in [5, 5.41) is 5.66. The molecule has 0 amide bonds. The van der Waals surface area contributed by atoms with Gasteiger partial charge in [0.25, 0.3) is 0 Å². The fourth-order valence-corrected chi connectivity index (χ4v) is 2.79. The second-order valence-electron chi connectivity index (χ2n) is 6.03. The Balaban J connectivity index is 2.54. The number of rotatable bonds is 0. The monoisotopic (exact) mass is 262 g/mol. The highest BCUT2D eigenvalue weighted by Crippen LogP contribution is 2.28. The molecule has 1 heterocycles. The molecule has 2 nitrogen and oxygen atoms in total. The van der Waals surface area contributed by atoms with Gasteiger partial charge in [0.1, 0.15) is 5.82 Å². The smallest absolute Gasteiger partial charge is 0.109 e. The van der Waals surface area contributed by atoms with Crippen molar-refractivity contribution in [3.8, 4) is 0 Å². The Labute approximate surface area is 115 Å². The van der Waals surface area contributed by atoms with Crippen molar-refractivity contribution in [3.05, 3.63) is 28.6 Å². The zero-order chi connectivity index (χ0) is 13.5. The van der Waals surface area contributed by atoms with Crippen LogP contribution < -0.4 is 15.8 Å². The fraction of sp³-hybridized carbons (Fsp3) is 0.467. The van der Waals surface area contributed by atoms with Crippen molar-refractivity contribution in [2.24, 2.45) is 5.41 Å². The molecule has 0 bridgehead atoms. The standard InChI is InChI=1S/C15H22N2S/c1-10-11(7-6-8-12(10)18)14-16-9-13(17(14)5)15(2,3)4/h6-8,13,16,18H,1,9H2,2-5H3/b14-11+. The minimum atomic E-state index is 0.253. The number of nitrogens with zero attached hydrogens (tertiary/aromatic N) is 1. The number of thiol groups is 1. The van der Waals surface area contributed by atoms with Gasteiger partial charge in [-0.2, -0.15) is 0 Å². The van der Waals surface area contributed by atoms with E-state index in [0.29, 0.717) is 6.04 Å². The van der Waals surface area contributed by atoms with E-state index >= 15 is 0 Å². The van der Waals surface area contributed by atoms with Crippen LogP contribution in [0.15, 0.2) is 23.1 Å². The molecule has 1 fully saturated rings. The Morgan fingerprint density at radius 1 is 1.39 bits per heavy atom. The molecule has 1 atom stereocenters. The van der Waals surface area contributed by atoms with Crippen molar-refractivity contribution in [1.82, 2.24) is 10.2 Å². The maximum atomic E-state index is 4.45. The number of likely N-dealkylation sites (N-methyl/N-ethyl adjacent to an activating group) is 1. The maximum Gasteiger partial charge on any atom is 0.109 e. The molecule has 3 heteroatoms. The quantitative estimate of drug-likeness (QED) is 0.687. The zero-order valence-corrected chi connectivity index (χ0v) is 12.5. The van der Waals surface area contributed by atoms with E-state index in [0.717, 1.165) is 27.7 Å². The van der Waals surface area contributed by atoms with Crippen molar-refractivity contribution < 1.29 is 0 Å². The van der Waals surface area contributed by atoms with Gasteiger partial charge in [0, 0.05) is 23.7 Å². The molecule has 1 aliphatic rings. The summed E-state index contributed by atoms with van der Waals surface area (Å²) in [6, 6.07) is 6.60. The van der Waals surface area contributed by atoms with Gasteiger partial charge in [-0.05, 0) is 16.7 Å². The van der Waals surface area contributed by atoms with Crippen LogP contribution in [-0.2, 0) is 0 Å². The zero-order valence-electron chi connectivity index (χ0n) is 11.6. The molecule has 2 rings (SSSR count). The maximum absolute atomic E-state index is 4.45. The SMILES string of the molecule is C=c1c(S)ccc/c1=C1/NCC(C(C)(C)C)N1C. The summed E-state index contributed by atoms with van der Waals surface area (Å²) in [6.07, 6.45) is 0. The van der Waals surface area contributed by atoms with Gasteiger partial charge in [-0.1, -0.05) is 39.5 Å².